The summed E-state index contributed by atoms with van der Waals surface area (Å²) in [6.07, 6.45) is 6.76. The maximum atomic E-state index is 3.91. The van der Waals surface area contributed by atoms with E-state index >= 15 is 0 Å². The zero-order valence-electron chi connectivity index (χ0n) is 5.54. The molecule has 0 aliphatic heterocycles. The van der Waals surface area contributed by atoms with Crippen molar-refractivity contribution in [3.63, 3.8) is 0 Å². The van der Waals surface area contributed by atoms with Crippen LogP contribution in [0.25, 0.3) is 0 Å². The van der Waals surface area contributed by atoms with Crippen LogP contribution in [-0.2, 0) is 0 Å². The van der Waals surface area contributed by atoms with E-state index in [1.807, 2.05) is 6.07 Å². The lowest BCUT2D eigenvalue weighted by atomic mass is 10.5. The molecule has 1 N–H and O–H groups in total. The standard InChI is InChI=1S/C7H8N3/c1-2-6(1)10-7-3-4-8-5-9-7/h3-4,6H,1-2H2,(H,8,9,10). The summed E-state index contributed by atoms with van der Waals surface area (Å²) in [5.74, 6) is 0.887. The molecule has 3 nitrogen and oxygen atoms in total. The first kappa shape index (κ1) is 5.65. The molecule has 0 bridgehead atoms. The van der Waals surface area contributed by atoms with E-state index in [2.05, 4.69) is 21.6 Å². The third-order valence-electron chi connectivity index (χ3n) is 1.46. The fourth-order valence-electron chi connectivity index (χ4n) is 0.778. The number of anilines is 1. The summed E-state index contributed by atoms with van der Waals surface area (Å²) >= 11 is 0. The predicted octanol–water partition coefficient (Wildman–Crippen LogP) is 0.851. The Bertz CT molecular complexity index is 205. The van der Waals surface area contributed by atoms with Gasteiger partial charge in [-0.05, 0) is 18.9 Å². The monoisotopic (exact) mass is 134 g/mol. The van der Waals surface area contributed by atoms with E-state index in [1.165, 1.54) is 12.8 Å². The molecule has 0 atom stereocenters. The first-order valence-electron chi connectivity index (χ1n) is 3.41. The average Bonchev–Trinajstić information content (AvgIpc) is 2.74. The van der Waals surface area contributed by atoms with Gasteiger partial charge in [0.05, 0.1) is 0 Å². The molecule has 1 fully saturated rings. The van der Waals surface area contributed by atoms with Crippen molar-refractivity contribution in [3.05, 3.63) is 18.6 Å². The molecule has 0 aromatic carbocycles. The first-order valence-corrected chi connectivity index (χ1v) is 3.41. The van der Waals surface area contributed by atoms with Crippen molar-refractivity contribution in [1.82, 2.24) is 9.97 Å². The zero-order valence-corrected chi connectivity index (χ0v) is 5.54. The molecule has 1 aromatic heterocycles. The molecule has 1 aliphatic carbocycles. The van der Waals surface area contributed by atoms with Crippen LogP contribution in [0.15, 0.2) is 12.3 Å². The number of aromatic nitrogens is 2. The molecular weight excluding hydrogens is 126 g/mol. The number of hydrogen-bond donors (Lipinski definition) is 1. The van der Waals surface area contributed by atoms with Crippen LogP contribution in [0.2, 0.25) is 0 Å². The van der Waals surface area contributed by atoms with Gasteiger partial charge in [-0.2, -0.15) is 0 Å². The van der Waals surface area contributed by atoms with Crippen LogP contribution in [-0.4, -0.2) is 16.0 Å². The van der Waals surface area contributed by atoms with E-state index in [9.17, 15) is 0 Å². The Morgan fingerprint density at radius 3 is 3.10 bits per heavy atom. The van der Waals surface area contributed by atoms with Gasteiger partial charge >= 0.3 is 0 Å². The quantitative estimate of drug-likeness (QED) is 0.651. The summed E-state index contributed by atoms with van der Waals surface area (Å²) in [7, 11) is 0. The smallest absolute Gasteiger partial charge is 0.199 e. The minimum Gasteiger partial charge on any atom is -0.367 e. The van der Waals surface area contributed by atoms with Gasteiger partial charge < -0.3 is 5.32 Å². The van der Waals surface area contributed by atoms with Crippen LogP contribution in [0.3, 0.4) is 0 Å². The second kappa shape index (κ2) is 2.25. The highest BCUT2D eigenvalue weighted by atomic mass is 15.0. The van der Waals surface area contributed by atoms with Crippen molar-refractivity contribution < 1.29 is 0 Å². The highest BCUT2D eigenvalue weighted by Gasteiger charge is 2.20. The second-order valence-corrected chi connectivity index (χ2v) is 2.46. The molecule has 1 saturated carbocycles. The molecule has 10 heavy (non-hydrogen) atoms. The lowest BCUT2D eigenvalue weighted by Crippen LogP contribution is -2.02. The lowest BCUT2D eigenvalue weighted by molar-refractivity contribution is 1.07. The van der Waals surface area contributed by atoms with Gasteiger partial charge in [-0.25, -0.2) is 9.97 Å². The van der Waals surface area contributed by atoms with Gasteiger partial charge in [-0.1, -0.05) is 0 Å². The molecule has 0 unspecified atom stereocenters. The van der Waals surface area contributed by atoms with Gasteiger partial charge in [-0.3, -0.25) is 0 Å². The number of nitrogens with one attached hydrogen (secondary N) is 1. The lowest BCUT2D eigenvalue weighted by Gasteiger charge is -1.98. The van der Waals surface area contributed by atoms with Gasteiger partial charge in [-0.15, -0.1) is 0 Å². The molecule has 51 valence electrons. The van der Waals surface area contributed by atoms with Gasteiger partial charge in [0, 0.05) is 12.2 Å². The molecule has 1 aromatic rings. The maximum Gasteiger partial charge on any atom is 0.199 e. The van der Waals surface area contributed by atoms with Crippen LogP contribution in [0.1, 0.15) is 12.8 Å². The second-order valence-electron chi connectivity index (χ2n) is 2.46. The van der Waals surface area contributed by atoms with Crippen LogP contribution >= 0.6 is 0 Å². The Morgan fingerprint density at radius 1 is 1.60 bits per heavy atom. The molecular formula is C7H8N3. The normalized spacial score (nSPS) is 16.8. The minimum atomic E-state index is 0.656. The summed E-state index contributed by atoms with van der Waals surface area (Å²) in [6.45, 7) is 0. The van der Waals surface area contributed by atoms with E-state index in [0.29, 0.717) is 6.04 Å². The predicted molar refractivity (Wildman–Crippen MR) is 37.5 cm³/mol. The summed E-state index contributed by atoms with van der Waals surface area (Å²) < 4.78 is 0. The Kier molecular flexibility index (Phi) is 1.27. The molecule has 0 amide bonds. The highest BCUT2D eigenvalue weighted by Crippen LogP contribution is 2.22. The summed E-state index contributed by atoms with van der Waals surface area (Å²) in [6, 6.07) is 2.51. The summed E-state index contributed by atoms with van der Waals surface area (Å²) in [5, 5.41) is 3.23. The highest BCUT2D eigenvalue weighted by molar-refractivity contribution is 5.34. The Labute approximate surface area is 59.5 Å². The molecule has 1 heterocycles. The first-order chi connectivity index (χ1) is 4.95. The molecule has 1 aliphatic rings. The van der Waals surface area contributed by atoms with Crippen LogP contribution in [0.5, 0.6) is 0 Å². The van der Waals surface area contributed by atoms with Crippen molar-refractivity contribution in [3.8, 4) is 0 Å². The topological polar surface area (TPSA) is 37.8 Å². The molecule has 1 radical (unpaired) electrons. The van der Waals surface area contributed by atoms with Crippen molar-refractivity contribution >= 4 is 5.82 Å². The molecule has 0 spiro atoms. The number of rotatable bonds is 2. The Hall–Kier alpha value is -1.12. The van der Waals surface area contributed by atoms with Crippen molar-refractivity contribution in [1.29, 1.82) is 0 Å². The van der Waals surface area contributed by atoms with E-state index < -0.39 is 0 Å². The number of nitrogens with zero attached hydrogens (tertiary/aromatic N) is 2. The van der Waals surface area contributed by atoms with Crippen LogP contribution in [0.4, 0.5) is 5.82 Å². The van der Waals surface area contributed by atoms with E-state index in [-0.39, 0.29) is 0 Å². The zero-order chi connectivity index (χ0) is 6.81. The average molecular weight is 134 g/mol. The largest absolute Gasteiger partial charge is 0.367 e. The third kappa shape index (κ3) is 1.23. The molecule has 2 rings (SSSR count). The fraction of sp³-hybridized carbons (Fsp3) is 0.429. The van der Waals surface area contributed by atoms with Crippen molar-refractivity contribution in [2.75, 3.05) is 5.32 Å². The minimum absolute atomic E-state index is 0.656. The summed E-state index contributed by atoms with van der Waals surface area (Å²) in [4.78, 5) is 7.61. The van der Waals surface area contributed by atoms with Crippen molar-refractivity contribution in [2.45, 2.75) is 18.9 Å². The van der Waals surface area contributed by atoms with E-state index in [0.717, 1.165) is 5.82 Å². The third-order valence-corrected chi connectivity index (χ3v) is 1.46. The molecule has 3 heteroatoms. The molecule has 0 saturated heterocycles. The van der Waals surface area contributed by atoms with Crippen LogP contribution < -0.4 is 5.32 Å². The van der Waals surface area contributed by atoms with Gasteiger partial charge in [0.1, 0.15) is 5.82 Å². The summed E-state index contributed by atoms with van der Waals surface area (Å²) in [5.41, 5.74) is 0. The van der Waals surface area contributed by atoms with Gasteiger partial charge in [0.2, 0.25) is 0 Å². The van der Waals surface area contributed by atoms with Crippen molar-refractivity contribution in [2.24, 2.45) is 0 Å². The van der Waals surface area contributed by atoms with Gasteiger partial charge in [0.15, 0.2) is 6.33 Å². The number of hydrogen-bond acceptors (Lipinski definition) is 3. The van der Waals surface area contributed by atoms with E-state index in [1.54, 1.807) is 6.20 Å². The Balaban J connectivity index is 2.03. The van der Waals surface area contributed by atoms with Crippen LogP contribution in [0, 0.1) is 6.33 Å². The fourth-order valence-corrected chi connectivity index (χ4v) is 0.778. The SMILES string of the molecule is [c]1nccc(NC2CC2)n1. The Morgan fingerprint density at radius 2 is 2.50 bits per heavy atom. The van der Waals surface area contributed by atoms with E-state index in [4.69, 9.17) is 0 Å². The van der Waals surface area contributed by atoms with Gasteiger partial charge in [0.25, 0.3) is 0 Å². The maximum absolute atomic E-state index is 3.91.